The van der Waals surface area contributed by atoms with Crippen LogP contribution in [-0.4, -0.2) is 10.5 Å². The van der Waals surface area contributed by atoms with Crippen molar-refractivity contribution in [2.45, 2.75) is 6.92 Å². The first-order valence-electron chi connectivity index (χ1n) is 6.02. The highest BCUT2D eigenvalue weighted by molar-refractivity contribution is 7.13. The van der Waals surface area contributed by atoms with Crippen molar-refractivity contribution in [2.24, 2.45) is 0 Å². The predicted molar refractivity (Wildman–Crippen MR) is 78.0 cm³/mol. The van der Waals surface area contributed by atoms with Crippen molar-refractivity contribution >= 4 is 17.2 Å². The third-order valence-corrected chi connectivity index (χ3v) is 3.82. The van der Waals surface area contributed by atoms with E-state index in [1.807, 2.05) is 17.5 Å². The number of thiophene rings is 1. The van der Waals surface area contributed by atoms with Crippen molar-refractivity contribution in [3.63, 3.8) is 0 Å². The molecular formula is C15H11NO3S. The van der Waals surface area contributed by atoms with Gasteiger partial charge in [0.1, 0.15) is 5.76 Å². The first-order chi connectivity index (χ1) is 9.66. The van der Waals surface area contributed by atoms with E-state index in [1.54, 1.807) is 24.5 Å². The fourth-order valence-corrected chi connectivity index (χ4v) is 2.82. The van der Waals surface area contributed by atoms with Crippen molar-refractivity contribution < 1.29 is 9.21 Å². The van der Waals surface area contributed by atoms with Gasteiger partial charge in [-0.05, 0) is 29.6 Å². The molecule has 3 aromatic rings. The van der Waals surface area contributed by atoms with Crippen molar-refractivity contribution in [3.05, 3.63) is 58.4 Å². The van der Waals surface area contributed by atoms with E-state index in [0.717, 1.165) is 4.88 Å². The molecule has 0 aromatic carbocycles. The van der Waals surface area contributed by atoms with E-state index in [0.29, 0.717) is 17.0 Å². The number of furan rings is 1. The number of carbonyl (C=O) groups excluding carboxylic acids is 1. The van der Waals surface area contributed by atoms with E-state index in [2.05, 4.69) is 0 Å². The fourth-order valence-electron chi connectivity index (χ4n) is 2.09. The maximum Gasteiger partial charge on any atom is 0.258 e. The van der Waals surface area contributed by atoms with Crippen LogP contribution < -0.4 is 5.56 Å². The van der Waals surface area contributed by atoms with Crippen molar-refractivity contribution in [3.8, 4) is 21.9 Å². The van der Waals surface area contributed by atoms with Gasteiger partial charge in [0, 0.05) is 18.6 Å². The molecule has 0 amide bonds. The molecule has 0 bridgehead atoms. The Kier molecular flexibility index (Phi) is 3.12. The van der Waals surface area contributed by atoms with E-state index in [1.165, 1.54) is 28.9 Å². The summed E-state index contributed by atoms with van der Waals surface area (Å²) in [7, 11) is 0. The Morgan fingerprint density at radius 2 is 2.10 bits per heavy atom. The van der Waals surface area contributed by atoms with Gasteiger partial charge in [-0.3, -0.25) is 9.59 Å². The highest BCUT2D eigenvalue weighted by Gasteiger charge is 2.14. The van der Waals surface area contributed by atoms with Gasteiger partial charge in [0.25, 0.3) is 5.56 Å². The summed E-state index contributed by atoms with van der Waals surface area (Å²) in [5.74, 6) is 0.306. The number of pyridine rings is 1. The molecule has 0 saturated heterocycles. The first kappa shape index (κ1) is 12.6. The third-order valence-electron chi connectivity index (χ3n) is 2.93. The number of aromatic nitrogens is 1. The average molecular weight is 285 g/mol. The second-order valence-corrected chi connectivity index (χ2v) is 5.22. The van der Waals surface area contributed by atoms with Gasteiger partial charge in [0.15, 0.2) is 0 Å². The molecule has 0 aliphatic carbocycles. The highest BCUT2D eigenvalue weighted by Crippen LogP contribution is 2.28. The molecule has 0 atom stereocenters. The lowest BCUT2D eigenvalue weighted by Gasteiger charge is -2.09. The largest absolute Gasteiger partial charge is 0.464 e. The van der Waals surface area contributed by atoms with Gasteiger partial charge in [0.05, 0.1) is 16.8 Å². The molecule has 0 aliphatic rings. The standard InChI is InChI=1S/C15H11NO3S/c1-10(17)16-12(14-5-3-7-20-14)8-11(9-15(16)18)13-4-2-6-19-13/h2-9H,1H3. The first-order valence-corrected chi connectivity index (χ1v) is 6.90. The second kappa shape index (κ2) is 4.94. The lowest BCUT2D eigenvalue weighted by atomic mass is 10.1. The van der Waals surface area contributed by atoms with Crippen LogP contribution in [0.2, 0.25) is 0 Å². The van der Waals surface area contributed by atoms with Crippen LogP contribution in [0.15, 0.2) is 57.3 Å². The number of rotatable bonds is 2. The summed E-state index contributed by atoms with van der Waals surface area (Å²) in [5.41, 5.74) is 0.905. The van der Waals surface area contributed by atoms with E-state index in [4.69, 9.17) is 4.42 Å². The van der Waals surface area contributed by atoms with E-state index >= 15 is 0 Å². The second-order valence-electron chi connectivity index (χ2n) is 4.28. The fraction of sp³-hybridized carbons (Fsp3) is 0.0667. The van der Waals surface area contributed by atoms with Crippen LogP contribution in [0.25, 0.3) is 21.9 Å². The molecule has 0 N–H and O–H groups in total. The topological polar surface area (TPSA) is 52.2 Å². The lowest BCUT2D eigenvalue weighted by molar-refractivity contribution is 0.0934. The van der Waals surface area contributed by atoms with Crippen LogP contribution in [0.4, 0.5) is 0 Å². The molecule has 0 unspecified atom stereocenters. The quantitative estimate of drug-likeness (QED) is 0.724. The predicted octanol–water partition coefficient (Wildman–Crippen LogP) is 3.50. The summed E-state index contributed by atoms with van der Waals surface area (Å²) < 4.78 is 6.50. The minimum atomic E-state index is -0.352. The molecule has 3 rings (SSSR count). The maximum atomic E-state index is 12.2. The van der Waals surface area contributed by atoms with Crippen LogP contribution in [0.5, 0.6) is 0 Å². The SMILES string of the molecule is CC(=O)n1c(-c2cccs2)cc(-c2ccco2)cc1=O. The smallest absolute Gasteiger partial charge is 0.258 e. The zero-order chi connectivity index (χ0) is 14.1. The molecule has 0 saturated carbocycles. The summed E-state index contributed by atoms with van der Waals surface area (Å²) >= 11 is 1.48. The Hall–Kier alpha value is -2.40. The highest BCUT2D eigenvalue weighted by atomic mass is 32.1. The summed E-state index contributed by atoms with van der Waals surface area (Å²) in [4.78, 5) is 24.8. The summed E-state index contributed by atoms with van der Waals surface area (Å²) in [6, 6.07) is 10.5. The van der Waals surface area contributed by atoms with E-state index in [-0.39, 0.29) is 11.5 Å². The number of carbonyl (C=O) groups is 1. The number of nitrogens with zero attached hydrogens (tertiary/aromatic N) is 1. The molecule has 3 aromatic heterocycles. The molecule has 4 nitrogen and oxygen atoms in total. The van der Waals surface area contributed by atoms with Gasteiger partial charge >= 0.3 is 0 Å². The zero-order valence-corrected chi connectivity index (χ0v) is 11.5. The van der Waals surface area contributed by atoms with Crippen molar-refractivity contribution in [2.75, 3.05) is 0 Å². The normalized spacial score (nSPS) is 10.7. The maximum absolute atomic E-state index is 12.2. The van der Waals surface area contributed by atoms with Gasteiger partial charge in [-0.15, -0.1) is 11.3 Å². The van der Waals surface area contributed by atoms with Gasteiger partial charge in [-0.2, -0.15) is 0 Å². The summed E-state index contributed by atoms with van der Waals surface area (Å²) in [5, 5.41) is 1.91. The Morgan fingerprint density at radius 1 is 1.25 bits per heavy atom. The summed E-state index contributed by atoms with van der Waals surface area (Å²) in [6.45, 7) is 1.38. The molecule has 20 heavy (non-hydrogen) atoms. The summed E-state index contributed by atoms with van der Waals surface area (Å²) in [6.07, 6.45) is 1.55. The van der Waals surface area contributed by atoms with Crippen LogP contribution in [-0.2, 0) is 0 Å². The Balaban J connectivity index is 2.29. The monoisotopic (exact) mass is 285 g/mol. The van der Waals surface area contributed by atoms with Crippen LogP contribution >= 0.6 is 11.3 Å². The van der Waals surface area contributed by atoms with E-state index in [9.17, 15) is 9.59 Å². The molecule has 100 valence electrons. The van der Waals surface area contributed by atoms with Gasteiger partial charge in [-0.1, -0.05) is 6.07 Å². The average Bonchev–Trinajstić information content (AvgIpc) is 3.11. The van der Waals surface area contributed by atoms with E-state index < -0.39 is 0 Å². The number of hydrogen-bond donors (Lipinski definition) is 0. The van der Waals surface area contributed by atoms with Crippen molar-refractivity contribution in [1.82, 2.24) is 4.57 Å². The molecule has 0 radical (unpaired) electrons. The zero-order valence-electron chi connectivity index (χ0n) is 10.7. The minimum Gasteiger partial charge on any atom is -0.464 e. The minimum absolute atomic E-state index is 0.301. The Bertz CT molecular complexity index is 798. The van der Waals surface area contributed by atoms with Crippen LogP contribution in [0.3, 0.4) is 0 Å². The molecular weight excluding hydrogens is 274 g/mol. The third kappa shape index (κ3) is 2.12. The van der Waals surface area contributed by atoms with Crippen LogP contribution in [0.1, 0.15) is 11.7 Å². The Morgan fingerprint density at radius 3 is 2.70 bits per heavy atom. The number of hydrogen-bond acceptors (Lipinski definition) is 4. The molecule has 5 heteroatoms. The Labute approximate surface area is 118 Å². The molecule has 3 heterocycles. The van der Waals surface area contributed by atoms with Gasteiger partial charge in [0.2, 0.25) is 5.91 Å². The lowest BCUT2D eigenvalue weighted by Crippen LogP contribution is -2.25. The van der Waals surface area contributed by atoms with Gasteiger partial charge < -0.3 is 4.42 Å². The molecule has 0 fully saturated rings. The van der Waals surface area contributed by atoms with Gasteiger partial charge in [-0.25, -0.2) is 4.57 Å². The molecule has 0 aliphatic heterocycles. The van der Waals surface area contributed by atoms with Crippen molar-refractivity contribution in [1.29, 1.82) is 0 Å². The molecule has 0 spiro atoms. The van der Waals surface area contributed by atoms with Crippen LogP contribution in [0, 0.1) is 0 Å².